The summed E-state index contributed by atoms with van der Waals surface area (Å²) < 4.78 is 5.65. The molecule has 2 heterocycles. The monoisotopic (exact) mass is 312 g/mol. The highest BCUT2D eigenvalue weighted by atomic mass is 16.5. The largest absolute Gasteiger partial charge is 0.376 e. The van der Waals surface area contributed by atoms with Crippen molar-refractivity contribution in [1.82, 2.24) is 9.97 Å². The van der Waals surface area contributed by atoms with Crippen LogP contribution in [0, 0.1) is 0 Å². The Kier molecular flexibility index (Phi) is 5.42. The fourth-order valence-corrected chi connectivity index (χ4v) is 2.64. The van der Waals surface area contributed by atoms with E-state index in [1.165, 1.54) is 0 Å². The van der Waals surface area contributed by atoms with Crippen molar-refractivity contribution in [2.45, 2.75) is 32.3 Å². The quantitative estimate of drug-likeness (QED) is 0.818. The van der Waals surface area contributed by atoms with Crippen LogP contribution in [-0.4, -0.2) is 35.8 Å². The normalized spacial score (nSPS) is 17.2. The van der Waals surface area contributed by atoms with Gasteiger partial charge < -0.3 is 15.4 Å². The number of ether oxygens (including phenoxy) is 1. The number of aromatic nitrogens is 2. The Bertz CT molecular complexity index is 612. The van der Waals surface area contributed by atoms with Crippen molar-refractivity contribution >= 4 is 11.8 Å². The zero-order valence-corrected chi connectivity index (χ0v) is 13.6. The molecule has 5 heteroatoms. The molecule has 0 amide bonds. The fourth-order valence-electron chi connectivity index (χ4n) is 2.64. The summed E-state index contributed by atoms with van der Waals surface area (Å²) in [5, 5.41) is 6.68. The van der Waals surface area contributed by atoms with Crippen LogP contribution in [0.25, 0.3) is 11.3 Å². The highest BCUT2D eigenvalue weighted by Crippen LogP contribution is 2.21. The maximum absolute atomic E-state index is 5.65. The van der Waals surface area contributed by atoms with Gasteiger partial charge in [0.2, 0.25) is 5.95 Å². The molecular weight excluding hydrogens is 288 g/mol. The lowest BCUT2D eigenvalue weighted by atomic mass is 10.1. The molecule has 1 aromatic heterocycles. The smallest absolute Gasteiger partial charge is 0.225 e. The van der Waals surface area contributed by atoms with Gasteiger partial charge in [-0.05, 0) is 19.3 Å². The molecule has 0 saturated carbocycles. The van der Waals surface area contributed by atoms with Gasteiger partial charge in [0, 0.05) is 31.3 Å². The van der Waals surface area contributed by atoms with Crippen LogP contribution >= 0.6 is 0 Å². The van der Waals surface area contributed by atoms with E-state index in [-0.39, 0.29) is 6.10 Å². The van der Waals surface area contributed by atoms with Crippen LogP contribution in [0.1, 0.15) is 26.2 Å². The summed E-state index contributed by atoms with van der Waals surface area (Å²) in [4.78, 5) is 9.22. The number of nitrogens with one attached hydrogen (secondary N) is 2. The van der Waals surface area contributed by atoms with Crippen molar-refractivity contribution in [1.29, 1.82) is 0 Å². The Hall–Kier alpha value is -2.14. The van der Waals surface area contributed by atoms with E-state index in [2.05, 4.69) is 39.7 Å². The zero-order chi connectivity index (χ0) is 15.9. The van der Waals surface area contributed by atoms with Crippen molar-refractivity contribution in [2.75, 3.05) is 30.3 Å². The molecule has 5 nitrogen and oxygen atoms in total. The average Bonchev–Trinajstić information content (AvgIpc) is 3.12. The maximum Gasteiger partial charge on any atom is 0.225 e. The van der Waals surface area contributed by atoms with Crippen LogP contribution < -0.4 is 10.6 Å². The number of benzene rings is 1. The fraction of sp³-hybridized carbons (Fsp3) is 0.444. The molecule has 2 aromatic rings. The molecule has 1 aliphatic heterocycles. The van der Waals surface area contributed by atoms with E-state index in [1.807, 2.05) is 24.3 Å². The highest BCUT2D eigenvalue weighted by molar-refractivity contribution is 5.64. The highest BCUT2D eigenvalue weighted by Gasteiger charge is 2.16. The Labute approximate surface area is 137 Å². The predicted molar refractivity (Wildman–Crippen MR) is 93.7 cm³/mol. The van der Waals surface area contributed by atoms with Gasteiger partial charge in [-0.2, -0.15) is 4.98 Å². The topological polar surface area (TPSA) is 59.1 Å². The van der Waals surface area contributed by atoms with E-state index in [0.29, 0.717) is 5.95 Å². The summed E-state index contributed by atoms with van der Waals surface area (Å²) in [6.45, 7) is 4.66. The van der Waals surface area contributed by atoms with Crippen molar-refractivity contribution in [3.63, 3.8) is 0 Å². The second kappa shape index (κ2) is 7.92. The van der Waals surface area contributed by atoms with Crippen molar-refractivity contribution < 1.29 is 4.74 Å². The molecule has 0 bridgehead atoms. The Balaban J connectivity index is 1.79. The Morgan fingerprint density at radius 3 is 2.78 bits per heavy atom. The summed E-state index contributed by atoms with van der Waals surface area (Å²) in [6.07, 6.45) is 3.57. The van der Waals surface area contributed by atoms with Gasteiger partial charge in [0.15, 0.2) is 0 Å². The minimum absolute atomic E-state index is 0.269. The van der Waals surface area contributed by atoms with Gasteiger partial charge >= 0.3 is 0 Å². The van der Waals surface area contributed by atoms with Crippen LogP contribution in [0.15, 0.2) is 36.4 Å². The van der Waals surface area contributed by atoms with Crippen LogP contribution in [0.3, 0.4) is 0 Å². The average molecular weight is 312 g/mol. The number of anilines is 2. The molecule has 23 heavy (non-hydrogen) atoms. The molecule has 0 spiro atoms. The van der Waals surface area contributed by atoms with Crippen molar-refractivity contribution in [3.8, 4) is 11.3 Å². The number of rotatable bonds is 7. The van der Waals surface area contributed by atoms with Gasteiger partial charge in [-0.1, -0.05) is 37.3 Å². The first-order chi connectivity index (χ1) is 11.3. The van der Waals surface area contributed by atoms with Gasteiger partial charge in [0.1, 0.15) is 5.82 Å². The lowest BCUT2D eigenvalue weighted by molar-refractivity contribution is 0.120. The molecule has 0 aliphatic carbocycles. The summed E-state index contributed by atoms with van der Waals surface area (Å²) in [6, 6.07) is 12.2. The number of hydrogen-bond donors (Lipinski definition) is 2. The molecule has 1 unspecified atom stereocenters. The first-order valence-electron chi connectivity index (χ1n) is 8.39. The standard InChI is InChI=1S/C18H24N4O/c1-2-10-19-17-12-16(14-7-4-3-5-8-14)21-18(22-17)20-13-15-9-6-11-23-15/h3-5,7-8,12,15H,2,6,9-11,13H2,1H3,(H2,19,20,21,22). The van der Waals surface area contributed by atoms with Crippen LogP contribution in [-0.2, 0) is 4.74 Å². The molecule has 1 aromatic carbocycles. The summed E-state index contributed by atoms with van der Waals surface area (Å²) in [7, 11) is 0. The summed E-state index contributed by atoms with van der Waals surface area (Å²) >= 11 is 0. The molecule has 2 N–H and O–H groups in total. The molecule has 1 fully saturated rings. The minimum atomic E-state index is 0.269. The lowest BCUT2D eigenvalue weighted by Gasteiger charge is -2.13. The van der Waals surface area contributed by atoms with Crippen LogP contribution in [0.2, 0.25) is 0 Å². The molecule has 1 atom stereocenters. The zero-order valence-electron chi connectivity index (χ0n) is 13.6. The molecule has 0 radical (unpaired) electrons. The molecular formula is C18H24N4O. The van der Waals surface area contributed by atoms with E-state index < -0.39 is 0 Å². The van der Waals surface area contributed by atoms with Crippen molar-refractivity contribution in [3.05, 3.63) is 36.4 Å². The van der Waals surface area contributed by atoms with E-state index in [4.69, 9.17) is 4.74 Å². The SMILES string of the molecule is CCCNc1cc(-c2ccccc2)nc(NCC2CCCO2)n1. The van der Waals surface area contributed by atoms with Crippen molar-refractivity contribution in [2.24, 2.45) is 0 Å². The van der Waals surface area contributed by atoms with E-state index in [1.54, 1.807) is 0 Å². The van der Waals surface area contributed by atoms with Gasteiger partial charge in [-0.25, -0.2) is 4.98 Å². The minimum Gasteiger partial charge on any atom is -0.376 e. The molecule has 1 aliphatic rings. The summed E-state index contributed by atoms with van der Waals surface area (Å²) in [5.74, 6) is 1.51. The van der Waals surface area contributed by atoms with Gasteiger partial charge in [0.25, 0.3) is 0 Å². The molecule has 122 valence electrons. The third-order valence-electron chi connectivity index (χ3n) is 3.86. The Morgan fingerprint density at radius 1 is 1.17 bits per heavy atom. The number of nitrogens with zero attached hydrogens (tertiary/aromatic N) is 2. The number of hydrogen-bond acceptors (Lipinski definition) is 5. The van der Waals surface area contributed by atoms with Gasteiger partial charge in [-0.3, -0.25) is 0 Å². The maximum atomic E-state index is 5.65. The Morgan fingerprint density at radius 2 is 2.04 bits per heavy atom. The third-order valence-corrected chi connectivity index (χ3v) is 3.86. The van der Waals surface area contributed by atoms with Crippen LogP contribution in [0.5, 0.6) is 0 Å². The predicted octanol–water partition coefficient (Wildman–Crippen LogP) is 3.56. The van der Waals surface area contributed by atoms with E-state index in [9.17, 15) is 0 Å². The second-order valence-corrected chi connectivity index (χ2v) is 5.77. The molecule has 3 rings (SSSR count). The second-order valence-electron chi connectivity index (χ2n) is 5.77. The summed E-state index contributed by atoms with van der Waals surface area (Å²) in [5.41, 5.74) is 2.02. The molecule has 1 saturated heterocycles. The van der Waals surface area contributed by atoms with Crippen LogP contribution in [0.4, 0.5) is 11.8 Å². The van der Waals surface area contributed by atoms with E-state index >= 15 is 0 Å². The van der Waals surface area contributed by atoms with Gasteiger partial charge in [-0.15, -0.1) is 0 Å². The first kappa shape index (κ1) is 15.7. The van der Waals surface area contributed by atoms with Gasteiger partial charge in [0.05, 0.1) is 11.8 Å². The first-order valence-corrected chi connectivity index (χ1v) is 8.39. The lowest BCUT2D eigenvalue weighted by Crippen LogP contribution is -2.20. The third kappa shape index (κ3) is 4.42. The van der Waals surface area contributed by atoms with E-state index in [0.717, 1.165) is 56.0 Å².